The fourth-order valence-corrected chi connectivity index (χ4v) is 3.05. The third-order valence-electron chi connectivity index (χ3n) is 3.60. The molecule has 0 spiro atoms. The zero-order valence-corrected chi connectivity index (χ0v) is 19.9. The van der Waals surface area contributed by atoms with Crippen molar-refractivity contribution < 1.29 is 17.9 Å². The first kappa shape index (κ1) is 25.8. The number of rotatable bonds is 10. The molecule has 7 nitrogen and oxygen atoms in total. The minimum atomic E-state index is -2.97. The van der Waals surface area contributed by atoms with Crippen LogP contribution in [0.3, 0.4) is 0 Å². The highest BCUT2D eigenvalue weighted by Crippen LogP contribution is 2.28. The topological polar surface area (TPSA) is 89.0 Å². The predicted octanol–water partition coefficient (Wildman–Crippen LogP) is 2.59. The van der Waals surface area contributed by atoms with Crippen LogP contribution >= 0.6 is 24.0 Å². The molecule has 0 aliphatic rings. The predicted molar refractivity (Wildman–Crippen MR) is 121 cm³/mol. The van der Waals surface area contributed by atoms with E-state index in [0.717, 1.165) is 12.1 Å². The second kappa shape index (κ2) is 13.0. The van der Waals surface area contributed by atoms with E-state index < -0.39 is 9.84 Å². The van der Waals surface area contributed by atoms with E-state index in [1.54, 1.807) is 7.11 Å². The summed E-state index contributed by atoms with van der Waals surface area (Å²) in [5, 5.41) is 6.41. The van der Waals surface area contributed by atoms with Crippen LogP contribution in [0, 0.1) is 0 Å². The molecule has 0 radical (unpaired) electrons. The largest absolute Gasteiger partial charge is 0.493 e. The lowest BCUT2D eigenvalue weighted by Crippen LogP contribution is -2.42. The molecule has 1 aromatic rings. The highest BCUT2D eigenvalue weighted by molar-refractivity contribution is 14.0. The van der Waals surface area contributed by atoms with Crippen molar-refractivity contribution in [3.63, 3.8) is 0 Å². The Bertz CT molecular complexity index is 696. The number of benzene rings is 1. The summed E-state index contributed by atoms with van der Waals surface area (Å²) in [5.41, 5.74) is 0.992. The van der Waals surface area contributed by atoms with Crippen molar-refractivity contribution in [2.45, 2.75) is 39.8 Å². The molecule has 0 saturated heterocycles. The lowest BCUT2D eigenvalue weighted by Gasteiger charge is -2.17. The molecule has 0 amide bonds. The first-order valence-corrected chi connectivity index (χ1v) is 10.9. The summed E-state index contributed by atoms with van der Waals surface area (Å²) < 4.78 is 33.5. The van der Waals surface area contributed by atoms with Crippen molar-refractivity contribution in [1.29, 1.82) is 0 Å². The minimum Gasteiger partial charge on any atom is -0.493 e. The van der Waals surface area contributed by atoms with Crippen molar-refractivity contribution in [2.24, 2.45) is 4.99 Å². The van der Waals surface area contributed by atoms with Crippen molar-refractivity contribution in [3.8, 4) is 11.5 Å². The second-order valence-corrected chi connectivity index (χ2v) is 8.34. The summed E-state index contributed by atoms with van der Waals surface area (Å²) in [6.07, 6.45) is 1.78. The van der Waals surface area contributed by atoms with E-state index in [2.05, 4.69) is 15.6 Å². The Kier molecular flexibility index (Phi) is 12.4. The number of guanidine groups is 1. The normalized spacial score (nSPS) is 12.7. The van der Waals surface area contributed by atoms with Gasteiger partial charge in [0.1, 0.15) is 9.84 Å². The first-order valence-electron chi connectivity index (χ1n) is 8.81. The molecule has 0 bridgehead atoms. The van der Waals surface area contributed by atoms with Gasteiger partial charge in [0.2, 0.25) is 0 Å². The van der Waals surface area contributed by atoms with Gasteiger partial charge >= 0.3 is 0 Å². The van der Waals surface area contributed by atoms with Gasteiger partial charge in [0.05, 0.1) is 26.0 Å². The third kappa shape index (κ3) is 10.6. The molecule has 0 heterocycles. The number of ether oxygens (including phenoxy) is 2. The average Bonchev–Trinajstić information content (AvgIpc) is 2.58. The van der Waals surface area contributed by atoms with Gasteiger partial charge in [0.15, 0.2) is 17.5 Å². The van der Waals surface area contributed by atoms with E-state index in [1.165, 1.54) is 6.26 Å². The minimum absolute atomic E-state index is 0. The van der Waals surface area contributed by atoms with Gasteiger partial charge in [-0.25, -0.2) is 13.4 Å². The summed E-state index contributed by atoms with van der Waals surface area (Å²) in [7, 11) is -1.35. The summed E-state index contributed by atoms with van der Waals surface area (Å²) >= 11 is 0. The maximum absolute atomic E-state index is 11.3. The van der Waals surface area contributed by atoms with E-state index in [9.17, 15) is 8.42 Å². The quantitative estimate of drug-likeness (QED) is 0.284. The van der Waals surface area contributed by atoms with Crippen LogP contribution in [0.25, 0.3) is 0 Å². The molecule has 0 fully saturated rings. The SMILES string of the molecule is CCNC(=NCc1ccc(OCC)c(OC)c1)NC(C)CCS(C)(=O)=O.I. The molecule has 9 heteroatoms. The Morgan fingerprint density at radius 2 is 1.96 bits per heavy atom. The Hall–Kier alpha value is -1.23. The Labute approximate surface area is 180 Å². The van der Waals surface area contributed by atoms with Crippen molar-refractivity contribution in [3.05, 3.63) is 23.8 Å². The van der Waals surface area contributed by atoms with Crippen LogP contribution in [0.1, 0.15) is 32.8 Å². The highest BCUT2D eigenvalue weighted by atomic mass is 127. The third-order valence-corrected chi connectivity index (χ3v) is 4.57. The van der Waals surface area contributed by atoms with Gasteiger partial charge in [0.25, 0.3) is 0 Å². The van der Waals surface area contributed by atoms with E-state index in [0.29, 0.717) is 37.0 Å². The molecular weight excluding hydrogens is 481 g/mol. The number of methoxy groups -OCH3 is 1. The Morgan fingerprint density at radius 3 is 2.52 bits per heavy atom. The first-order chi connectivity index (χ1) is 12.3. The molecule has 1 aromatic carbocycles. The number of nitrogens with one attached hydrogen (secondary N) is 2. The summed E-state index contributed by atoms with van der Waals surface area (Å²) in [4.78, 5) is 4.57. The van der Waals surface area contributed by atoms with Crippen LogP contribution in [0.15, 0.2) is 23.2 Å². The number of nitrogens with zero attached hydrogens (tertiary/aromatic N) is 1. The summed E-state index contributed by atoms with van der Waals surface area (Å²) in [6, 6.07) is 5.73. The van der Waals surface area contributed by atoms with Gasteiger partial charge in [-0.3, -0.25) is 0 Å². The zero-order chi connectivity index (χ0) is 19.6. The van der Waals surface area contributed by atoms with Gasteiger partial charge in [-0.2, -0.15) is 0 Å². The summed E-state index contributed by atoms with van der Waals surface area (Å²) in [6.45, 7) is 7.62. The molecule has 156 valence electrons. The van der Waals surface area contributed by atoms with Gasteiger partial charge in [-0.05, 0) is 44.9 Å². The van der Waals surface area contributed by atoms with E-state index >= 15 is 0 Å². The van der Waals surface area contributed by atoms with E-state index in [1.807, 2.05) is 39.0 Å². The molecule has 0 saturated carbocycles. The van der Waals surface area contributed by atoms with Gasteiger partial charge in [-0.15, -0.1) is 24.0 Å². The maximum atomic E-state index is 11.3. The van der Waals surface area contributed by atoms with Crippen LogP contribution in [-0.2, 0) is 16.4 Å². The van der Waals surface area contributed by atoms with Crippen molar-refractivity contribution >= 4 is 39.8 Å². The van der Waals surface area contributed by atoms with Crippen LogP contribution < -0.4 is 20.1 Å². The lowest BCUT2D eigenvalue weighted by atomic mass is 10.2. The molecule has 0 aromatic heterocycles. The van der Waals surface area contributed by atoms with Crippen molar-refractivity contribution in [2.75, 3.05) is 32.3 Å². The summed E-state index contributed by atoms with van der Waals surface area (Å²) in [5.74, 6) is 2.19. The van der Waals surface area contributed by atoms with Gasteiger partial charge < -0.3 is 20.1 Å². The molecule has 0 aliphatic heterocycles. The smallest absolute Gasteiger partial charge is 0.191 e. The standard InChI is InChI=1S/C18H31N3O4S.HI/c1-6-19-18(21-14(3)10-11-26(5,22)23)20-13-15-8-9-16(25-7-2)17(12-15)24-4;/h8-9,12,14H,6-7,10-11,13H2,1-5H3,(H2,19,20,21);1H. The Balaban J connectivity index is 0.00000676. The average molecular weight is 513 g/mol. The fourth-order valence-electron chi connectivity index (χ4n) is 2.27. The molecular formula is C18H32IN3O4S. The Morgan fingerprint density at radius 1 is 1.26 bits per heavy atom. The van der Waals surface area contributed by atoms with Crippen LogP contribution in [0.2, 0.25) is 0 Å². The van der Waals surface area contributed by atoms with Crippen LogP contribution in [0.4, 0.5) is 0 Å². The zero-order valence-electron chi connectivity index (χ0n) is 16.7. The molecule has 1 rings (SSSR count). The number of aliphatic imine (C=N–C) groups is 1. The van der Waals surface area contributed by atoms with Crippen LogP contribution in [-0.4, -0.2) is 52.7 Å². The monoisotopic (exact) mass is 513 g/mol. The molecule has 27 heavy (non-hydrogen) atoms. The van der Waals surface area contributed by atoms with E-state index in [-0.39, 0.29) is 35.8 Å². The van der Waals surface area contributed by atoms with Gasteiger partial charge in [0, 0.05) is 18.8 Å². The molecule has 1 atom stereocenters. The number of hydrogen-bond donors (Lipinski definition) is 2. The number of halogens is 1. The maximum Gasteiger partial charge on any atom is 0.191 e. The second-order valence-electron chi connectivity index (χ2n) is 6.08. The van der Waals surface area contributed by atoms with Gasteiger partial charge in [-0.1, -0.05) is 6.07 Å². The molecule has 1 unspecified atom stereocenters. The highest BCUT2D eigenvalue weighted by Gasteiger charge is 2.10. The van der Waals surface area contributed by atoms with E-state index in [4.69, 9.17) is 9.47 Å². The lowest BCUT2D eigenvalue weighted by molar-refractivity contribution is 0.310. The number of hydrogen-bond acceptors (Lipinski definition) is 5. The fraction of sp³-hybridized carbons (Fsp3) is 0.611. The van der Waals surface area contributed by atoms with Crippen molar-refractivity contribution in [1.82, 2.24) is 10.6 Å². The number of sulfone groups is 1. The molecule has 2 N–H and O–H groups in total. The van der Waals surface area contributed by atoms with Crippen LogP contribution in [0.5, 0.6) is 11.5 Å². The molecule has 0 aliphatic carbocycles.